The summed E-state index contributed by atoms with van der Waals surface area (Å²) in [4.78, 5) is 11.7. The summed E-state index contributed by atoms with van der Waals surface area (Å²) in [6, 6.07) is -0.381. The summed E-state index contributed by atoms with van der Waals surface area (Å²) < 4.78 is 23.0. The van der Waals surface area contributed by atoms with Crippen molar-refractivity contribution in [3.8, 4) is 0 Å². The van der Waals surface area contributed by atoms with Crippen LogP contribution in [0.5, 0.6) is 0 Å². The molecule has 0 radical (unpaired) electrons. The molecule has 0 spiro atoms. The molecule has 0 aromatic rings. The lowest BCUT2D eigenvalue weighted by Crippen LogP contribution is -2.45. The Labute approximate surface area is 117 Å². The highest BCUT2D eigenvalue weighted by atomic mass is 32.2. The van der Waals surface area contributed by atoms with E-state index in [4.69, 9.17) is 0 Å². The van der Waals surface area contributed by atoms with Gasteiger partial charge in [0.05, 0.1) is 16.5 Å². The van der Waals surface area contributed by atoms with Crippen molar-refractivity contribution in [3.05, 3.63) is 0 Å². The molecule has 0 saturated heterocycles. The number of carbonyl (C=O) groups is 1. The van der Waals surface area contributed by atoms with Crippen molar-refractivity contribution < 1.29 is 13.2 Å². The minimum absolute atomic E-state index is 0.0400. The quantitative estimate of drug-likeness (QED) is 0.732. The third kappa shape index (κ3) is 6.92. The molecule has 0 bridgehead atoms. The van der Waals surface area contributed by atoms with Gasteiger partial charge in [-0.3, -0.25) is 4.79 Å². The summed E-state index contributed by atoms with van der Waals surface area (Å²) in [6.45, 7) is 11.7. The normalized spacial score (nSPS) is 14.5. The maximum absolute atomic E-state index is 11.9. The smallest absolute Gasteiger partial charge is 0.236 e. The molecule has 19 heavy (non-hydrogen) atoms. The van der Waals surface area contributed by atoms with Gasteiger partial charge in [-0.15, -0.1) is 0 Å². The van der Waals surface area contributed by atoms with Crippen LogP contribution < -0.4 is 10.6 Å². The second-order valence-corrected chi connectivity index (χ2v) is 9.11. The molecular weight excluding hydrogens is 264 g/mol. The van der Waals surface area contributed by atoms with Gasteiger partial charge in [0.15, 0.2) is 9.84 Å². The highest BCUT2D eigenvalue weighted by Crippen LogP contribution is 2.15. The first-order valence-electron chi connectivity index (χ1n) is 6.71. The van der Waals surface area contributed by atoms with E-state index in [0.717, 1.165) is 0 Å². The number of carbonyl (C=O) groups excluding carboxylic acids is 1. The van der Waals surface area contributed by atoms with Crippen molar-refractivity contribution in [2.45, 2.75) is 52.3 Å². The molecular formula is C13H28N2O3S. The van der Waals surface area contributed by atoms with E-state index in [-0.39, 0.29) is 24.2 Å². The van der Waals surface area contributed by atoms with Crippen molar-refractivity contribution in [1.29, 1.82) is 0 Å². The van der Waals surface area contributed by atoms with Gasteiger partial charge in [0.2, 0.25) is 5.91 Å². The maximum Gasteiger partial charge on any atom is 0.236 e. The number of hydrogen-bond acceptors (Lipinski definition) is 4. The van der Waals surface area contributed by atoms with Crippen LogP contribution in [0.3, 0.4) is 0 Å². The summed E-state index contributed by atoms with van der Waals surface area (Å²) in [5, 5.41) is 5.75. The first-order chi connectivity index (χ1) is 8.47. The molecule has 0 aliphatic heterocycles. The Morgan fingerprint density at radius 3 is 2.11 bits per heavy atom. The highest BCUT2D eigenvalue weighted by molar-refractivity contribution is 7.92. The Balaban J connectivity index is 4.12. The zero-order chi connectivity index (χ0) is 15.3. The average molecular weight is 292 g/mol. The molecule has 0 rings (SSSR count). The topological polar surface area (TPSA) is 75.3 Å². The van der Waals surface area contributed by atoms with Crippen molar-refractivity contribution in [3.63, 3.8) is 0 Å². The molecule has 0 aromatic carbocycles. The summed E-state index contributed by atoms with van der Waals surface area (Å²) >= 11 is 0. The van der Waals surface area contributed by atoms with Crippen LogP contribution in [0.4, 0.5) is 0 Å². The van der Waals surface area contributed by atoms with Gasteiger partial charge in [0.25, 0.3) is 0 Å². The molecule has 2 N–H and O–H groups in total. The molecule has 0 heterocycles. The predicted molar refractivity (Wildman–Crippen MR) is 78.9 cm³/mol. The van der Waals surface area contributed by atoms with E-state index in [1.807, 2.05) is 13.8 Å². The molecule has 1 amide bonds. The summed E-state index contributed by atoms with van der Waals surface area (Å²) in [5.41, 5.74) is 0. The molecule has 1 unspecified atom stereocenters. The standard InChI is InChI=1S/C13H28N2O3S/c1-10(2)9-15-12(16)11(3)14-7-8-19(17,18)13(4,5)6/h10-11,14H,7-9H2,1-6H3,(H,15,16). The number of rotatable bonds is 7. The molecule has 0 saturated carbocycles. The first-order valence-corrected chi connectivity index (χ1v) is 8.36. The molecule has 0 aliphatic carbocycles. The van der Waals surface area contributed by atoms with E-state index >= 15 is 0 Å². The monoisotopic (exact) mass is 292 g/mol. The van der Waals surface area contributed by atoms with Gasteiger partial charge in [-0.1, -0.05) is 13.8 Å². The molecule has 0 fully saturated rings. The third-order valence-corrected chi connectivity index (χ3v) is 5.44. The molecule has 0 aliphatic rings. The van der Waals surface area contributed by atoms with Crippen LogP contribution in [-0.4, -0.2) is 44.0 Å². The van der Waals surface area contributed by atoms with Crippen LogP contribution in [0.15, 0.2) is 0 Å². The van der Waals surface area contributed by atoms with Gasteiger partial charge in [-0.2, -0.15) is 0 Å². The maximum atomic E-state index is 11.9. The fourth-order valence-corrected chi connectivity index (χ4v) is 2.27. The molecule has 114 valence electrons. The highest BCUT2D eigenvalue weighted by Gasteiger charge is 2.28. The zero-order valence-electron chi connectivity index (χ0n) is 12.9. The Bertz CT molecular complexity index is 383. The van der Waals surface area contributed by atoms with Crippen LogP contribution in [0.25, 0.3) is 0 Å². The predicted octanol–water partition coefficient (Wildman–Crippen LogP) is 0.950. The lowest BCUT2D eigenvalue weighted by Gasteiger charge is -2.20. The lowest BCUT2D eigenvalue weighted by molar-refractivity contribution is -0.122. The van der Waals surface area contributed by atoms with Crippen LogP contribution in [0, 0.1) is 5.92 Å². The van der Waals surface area contributed by atoms with E-state index in [2.05, 4.69) is 10.6 Å². The van der Waals surface area contributed by atoms with Gasteiger partial charge in [0.1, 0.15) is 0 Å². The minimum atomic E-state index is -3.14. The number of hydrogen-bond donors (Lipinski definition) is 2. The molecule has 0 aromatic heterocycles. The largest absolute Gasteiger partial charge is 0.354 e. The van der Waals surface area contributed by atoms with Crippen LogP contribution in [0.1, 0.15) is 41.5 Å². The van der Waals surface area contributed by atoms with Gasteiger partial charge in [-0.05, 0) is 33.6 Å². The van der Waals surface area contributed by atoms with Crippen molar-refractivity contribution in [2.75, 3.05) is 18.8 Å². The van der Waals surface area contributed by atoms with Crippen LogP contribution >= 0.6 is 0 Å². The zero-order valence-corrected chi connectivity index (χ0v) is 13.7. The Morgan fingerprint density at radius 1 is 1.16 bits per heavy atom. The van der Waals surface area contributed by atoms with Crippen LogP contribution in [0.2, 0.25) is 0 Å². The fraction of sp³-hybridized carbons (Fsp3) is 0.923. The Kier molecular flexibility index (Phi) is 7.00. The van der Waals surface area contributed by atoms with Gasteiger partial charge >= 0.3 is 0 Å². The van der Waals surface area contributed by atoms with Gasteiger partial charge in [-0.25, -0.2) is 8.42 Å². The Hall–Kier alpha value is -0.620. The Morgan fingerprint density at radius 2 is 1.68 bits per heavy atom. The van der Waals surface area contributed by atoms with E-state index in [1.165, 1.54) is 0 Å². The lowest BCUT2D eigenvalue weighted by atomic mass is 10.2. The summed E-state index contributed by atoms with van der Waals surface area (Å²) in [5.74, 6) is 0.345. The van der Waals surface area contributed by atoms with E-state index in [9.17, 15) is 13.2 Å². The van der Waals surface area contributed by atoms with E-state index < -0.39 is 14.6 Å². The SMILES string of the molecule is CC(C)CNC(=O)C(C)NCCS(=O)(=O)C(C)(C)C. The molecule has 1 atom stereocenters. The van der Waals surface area contributed by atoms with Gasteiger partial charge < -0.3 is 10.6 Å². The summed E-state index contributed by atoms with van der Waals surface area (Å²) in [6.07, 6.45) is 0. The number of sulfone groups is 1. The number of nitrogens with one attached hydrogen (secondary N) is 2. The third-order valence-electron chi connectivity index (χ3n) is 2.83. The van der Waals surface area contributed by atoms with Crippen molar-refractivity contribution in [1.82, 2.24) is 10.6 Å². The number of amides is 1. The molecule has 5 nitrogen and oxygen atoms in total. The average Bonchev–Trinajstić information content (AvgIpc) is 2.23. The van der Waals surface area contributed by atoms with Crippen molar-refractivity contribution >= 4 is 15.7 Å². The van der Waals surface area contributed by atoms with E-state index in [0.29, 0.717) is 12.5 Å². The second-order valence-electron chi connectivity index (χ2n) is 6.25. The van der Waals surface area contributed by atoms with Crippen LogP contribution in [-0.2, 0) is 14.6 Å². The minimum Gasteiger partial charge on any atom is -0.354 e. The van der Waals surface area contributed by atoms with Crippen molar-refractivity contribution in [2.24, 2.45) is 5.92 Å². The van der Waals surface area contributed by atoms with E-state index in [1.54, 1.807) is 27.7 Å². The fourth-order valence-electron chi connectivity index (χ4n) is 1.27. The molecule has 6 heteroatoms. The first kappa shape index (κ1) is 18.4. The van der Waals surface area contributed by atoms with Gasteiger partial charge in [0, 0.05) is 13.1 Å². The summed E-state index contributed by atoms with van der Waals surface area (Å²) in [7, 11) is -3.14. The second kappa shape index (κ2) is 7.24.